The van der Waals surface area contributed by atoms with Gasteiger partial charge in [0.15, 0.2) is 5.69 Å². The zero-order valence-electron chi connectivity index (χ0n) is 11.6. The highest BCUT2D eigenvalue weighted by Crippen LogP contribution is 2.34. The molecule has 1 aromatic rings. The fourth-order valence-electron chi connectivity index (χ4n) is 2.57. The van der Waals surface area contributed by atoms with Crippen LogP contribution in [0.5, 0.6) is 0 Å². The van der Waals surface area contributed by atoms with Crippen LogP contribution in [-0.4, -0.2) is 38.5 Å². The van der Waals surface area contributed by atoms with Gasteiger partial charge in [-0.05, 0) is 18.3 Å². The minimum atomic E-state index is -1.15. The van der Waals surface area contributed by atoms with Crippen molar-refractivity contribution in [3.63, 3.8) is 0 Å². The van der Waals surface area contributed by atoms with Crippen molar-refractivity contribution >= 4 is 11.9 Å². The van der Waals surface area contributed by atoms with Crippen LogP contribution in [0.25, 0.3) is 0 Å². The number of nitrogens with zero attached hydrogens (tertiary/aromatic N) is 3. The molecule has 1 aromatic heterocycles. The van der Waals surface area contributed by atoms with Gasteiger partial charge in [-0.1, -0.05) is 31.4 Å². The van der Waals surface area contributed by atoms with Gasteiger partial charge in [0, 0.05) is 6.54 Å². The minimum Gasteiger partial charge on any atom is -0.476 e. The highest BCUT2D eigenvalue weighted by Gasteiger charge is 2.27. The molecule has 0 radical (unpaired) electrons. The van der Waals surface area contributed by atoms with E-state index in [1.54, 1.807) is 0 Å². The number of carboxylic acids is 1. The first-order valence-electron chi connectivity index (χ1n) is 6.89. The summed E-state index contributed by atoms with van der Waals surface area (Å²) in [6, 6.07) is 0. The predicted molar refractivity (Wildman–Crippen MR) is 71.2 cm³/mol. The molecule has 110 valence electrons. The number of nitrogens with one attached hydrogen (secondary N) is 1. The molecule has 0 unspecified atom stereocenters. The van der Waals surface area contributed by atoms with Crippen LogP contribution in [0.3, 0.4) is 0 Å². The smallest absolute Gasteiger partial charge is 0.358 e. The third-order valence-corrected chi connectivity index (χ3v) is 3.84. The van der Waals surface area contributed by atoms with Crippen LogP contribution in [0.1, 0.15) is 49.5 Å². The fourth-order valence-corrected chi connectivity index (χ4v) is 2.57. The number of hydrogen-bond acceptors (Lipinski definition) is 4. The van der Waals surface area contributed by atoms with Gasteiger partial charge in [0.1, 0.15) is 6.54 Å². The van der Waals surface area contributed by atoms with Crippen LogP contribution >= 0.6 is 0 Å². The van der Waals surface area contributed by atoms with Crippen LogP contribution < -0.4 is 5.32 Å². The van der Waals surface area contributed by atoms with Gasteiger partial charge in [0.25, 0.3) is 0 Å². The van der Waals surface area contributed by atoms with Crippen molar-refractivity contribution in [3.8, 4) is 0 Å². The van der Waals surface area contributed by atoms with Gasteiger partial charge >= 0.3 is 5.97 Å². The van der Waals surface area contributed by atoms with E-state index in [-0.39, 0.29) is 23.6 Å². The number of carbonyl (C=O) groups is 2. The van der Waals surface area contributed by atoms with Gasteiger partial charge in [0.05, 0.1) is 6.20 Å². The first-order valence-corrected chi connectivity index (χ1v) is 6.89. The SMILES string of the molecule is CC1(CNC(=O)Cn2cc(C(=O)O)nn2)CCCCC1. The summed E-state index contributed by atoms with van der Waals surface area (Å²) in [5.74, 6) is -1.31. The summed E-state index contributed by atoms with van der Waals surface area (Å²) < 4.78 is 1.24. The van der Waals surface area contributed by atoms with E-state index in [0.29, 0.717) is 6.54 Å². The zero-order chi connectivity index (χ0) is 14.6. The summed E-state index contributed by atoms with van der Waals surface area (Å²) in [6.07, 6.45) is 7.25. The second-order valence-corrected chi connectivity index (χ2v) is 5.75. The first-order chi connectivity index (χ1) is 9.48. The monoisotopic (exact) mass is 280 g/mol. The van der Waals surface area contributed by atoms with Crippen molar-refractivity contribution in [1.82, 2.24) is 20.3 Å². The van der Waals surface area contributed by atoms with E-state index in [1.807, 2.05) is 0 Å². The number of hydrogen-bond donors (Lipinski definition) is 2. The summed E-state index contributed by atoms with van der Waals surface area (Å²) in [7, 11) is 0. The number of aromatic carboxylic acids is 1. The molecular formula is C13H20N4O3. The lowest BCUT2D eigenvalue weighted by molar-refractivity contribution is -0.122. The van der Waals surface area contributed by atoms with Crippen LogP contribution in [0.4, 0.5) is 0 Å². The first kappa shape index (κ1) is 14.5. The third kappa shape index (κ3) is 3.79. The average molecular weight is 280 g/mol. The molecule has 1 amide bonds. The topological polar surface area (TPSA) is 97.1 Å². The lowest BCUT2D eigenvalue weighted by Gasteiger charge is -2.33. The van der Waals surface area contributed by atoms with E-state index in [2.05, 4.69) is 22.6 Å². The van der Waals surface area contributed by atoms with Crippen molar-refractivity contribution in [3.05, 3.63) is 11.9 Å². The summed E-state index contributed by atoms with van der Waals surface area (Å²) in [5.41, 5.74) is 0.0275. The van der Waals surface area contributed by atoms with E-state index in [0.717, 1.165) is 12.8 Å². The van der Waals surface area contributed by atoms with Crippen LogP contribution in [0.2, 0.25) is 0 Å². The Morgan fingerprint density at radius 1 is 1.40 bits per heavy atom. The molecule has 1 saturated carbocycles. The highest BCUT2D eigenvalue weighted by atomic mass is 16.4. The molecule has 0 atom stereocenters. The van der Waals surface area contributed by atoms with E-state index < -0.39 is 5.97 Å². The number of carbonyl (C=O) groups excluding carboxylic acids is 1. The molecular weight excluding hydrogens is 260 g/mol. The fraction of sp³-hybridized carbons (Fsp3) is 0.692. The van der Waals surface area contributed by atoms with Crippen molar-refractivity contribution in [1.29, 1.82) is 0 Å². The Morgan fingerprint density at radius 2 is 2.10 bits per heavy atom. The molecule has 7 heteroatoms. The van der Waals surface area contributed by atoms with Gasteiger partial charge in [-0.2, -0.15) is 0 Å². The maximum Gasteiger partial charge on any atom is 0.358 e. The summed E-state index contributed by atoms with van der Waals surface area (Å²) in [6.45, 7) is 2.85. The largest absolute Gasteiger partial charge is 0.476 e. The second-order valence-electron chi connectivity index (χ2n) is 5.75. The molecule has 0 aliphatic heterocycles. The molecule has 2 rings (SSSR count). The third-order valence-electron chi connectivity index (χ3n) is 3.84. The Morgan fingerprint density at radius 3 is 2.70 bits per heavy atom. The predicted octanol–water partition coefficient (Wildman–Crippen LogP) is 1.06. The maximum absolute atomic E-state index is 11.8. The van der Waals surface area contributed by atoms with Crippen LogP contribution in [0.15, 0.2) is 6.20 Å². The zero-order valence-corrected chi connectivity index (χ0v) is 11.6. The number of carboxylic acid groups (broad SMARTS) is 1. The van der Waals surface area contributed by atoms with Gasteiger partial charge < -0.3 is 10.4 Å². The molecule has 1 aliphatic carbocycles. The van der Waals surface area contributed by atoms with E-state index in [9.17, 15) is 9.59 Å². The van der Waals surface area contributed by atoms with E-state index in [4.69, 9.17) is 5.11 Å². The number of aromatic nitrogens is 3. The lowest BCUT2D eigenvalue weighted by Crippen LogP contribution is -2.38. The molecule has 0 spiro atoms. The van der Waals surface area contributed by atoms with Gasteiger partial charge in [-0.3, -0.25) is 4.79 Å². The molecule has 20 heavy (non-hydrogen) atoms. The molecule has 0 saturated heterocycles. The highest BCUT2D eigenvalue weighted by molar-refractivity contribution is 5.84. The Kier molecular flexibility index (Phi) is 4.36. The molecule has 1 heterocycles. The van der Waals surface area contributed by atoms with E-state index in [1.165, 1.54) is 30.1 Å². The quantitative estimate of drug-likeness (QED) is 0.840. The minimum absolute atomic E-state index is 0.00361. The molecule has 7 nitrogen and oxygen atoms in total. The van der Waals surface area contributed by atoms with Crippen molar-refractivity contribution in [2.75, 3.05) is 6.54 Å². The average Bonchev–Trinajstić information content (AvgIpc) is 2.86. The maximum atomic E-state index is 11.8. The van der Waals surface area contributed by atoms with Crippen LogP contribution in [-0.2, 0) is 11.3 Å². The summed E-state index contributed by atoms with van der Waals surface area (Å²) >= 11 is 0. The lowest BCUT2D eigenvalue weighted by atomic mass is 9.76. The molecule has 1 fully saturated rings. The summed E-state index contributed by atoms with van der Waals surface area (Å²) in [5, 5.41) is 18.7. The Hall–Kier alpha value is -1.92. The number of rotatable bonds is 5. The van der Waals surface area contributed by atoms with Gasteiger partial charge in [-0.15, -0.1) is 5.10 Å². The Balaban J connectivity index is 1.81. The standard InChI is InChI=1S/C13H20N4O3/c1-13(5-3-2-4-6-13)9-14-11(18)8-17-7-10(12(19)20)15-16-17/h7H,2-6,8-9H2,1H3,(H,14,18)(H,19,20). The normalized spacial score (nSPS) is 17.6. The Bertz CT molecular complexity index is 492. The van der Waals surface area contributed by atoms with Crippen molar-refractivity contribution in [2.45, 2.75) is 45.6 Å². The van der Waals surface area contributed by atoms with Crippen molar-refractivity contribution in [2.24, 2.45) is 5.41 Å². The van der Waals surface area contributed by atoms with Gasteiger partial charge in [-0.25, -0.2) is 9.48 Å². The molecule has 0 aromatic carbocycles. The molecule has 2 N–H and O–H groups in total. The van der Waals surface area contributed by atoms with E-state index >= 15 is 0 Å². The van der Waals surface area contributed by atoms with Crippen LogP contribution in [0, 0.1) is 5.41 Å². The van der Waals surface area contributed by atoms with Crippen molar-refractivity contribution < 1.29 is 14.7 Å². The molecule has 1 aliphatic rings. The summed E-state index contributed by atoms with van der Waals surface area (Å²) in [4.78, 5) is 22.5. The molecule has 0 bridgehead atoms. The number of amides is 1. The van der Waals surface area contributed by atoms with Gasteiger partial charge in [0.2, 0.25) is 5.91 Å². The Labute approximate surface area is 117 Å². The second kappa shape index (κ2) is 6.02.